The third kappa shape index (κ3) is 3.24. The van der Waals surface area contributed by atoms with Crippen LogP contribution in [0.5, 0.6) is 0 Å². The highest BCUT2D eigenvalue weighted by Gasteiger charge is 2.50. The van der Waals surface area contributed by atoms with Crippen LogP contribution in [-0.4, -0.2) is 37.5 Å². The molecule has 0 unspecified atom stereocenters. The molecule has 2 N–H and O–H groups in total. The first-order chi connectivity index (χ1) is 10.2. The van der Waals surface area contributed by atoms with Gasteiger partial charge in [-0.3, -0.25) is 0 Å². The van der Waals surface area contributed by atoms with E-state index in [0.29, 0.717) is 4.31 Å². The second-order valence-corrected chi connectivity index (χ2v) is 7.00. The SMILES string of the molecule is N#Cc1ccc(S(=O)(=O)N2C[C@H](N)CC[C@@H]2C(F)(F)F)cc1. The number of hydrogen-bond donors (Lipinski definition) is 1. The second-order valence-electron chi connectivity index (χ2n) is 5.11. The second kappa shape index (κ2) is 5.87. The normalized spacial score (nSPS) is 24.0. The van der Waals surface area contributed by atoms with Gasteiger partial charge in [0.15, 0.2) is 0 Å². The lowest BCUT2D eigenvalue weighted by atomic mass is 10.0. The van der Waals surface area contributed by atoms with Crippen LogP contribution in [0.15, 0.2) is 29.2 Å². The van der Waals surface area contributed by atoms with Crippen LogP contribution in [0, 0.1) is 11.3 Å². The molecule has 2 rings (SSSR count). The van der Waals surface area contributed by atoms with E-state index in [-0.39, 0.29) is 29.8 Å². The van der Waals surface area contributed by atoms with Crippen molar-refractivity contribution in [1.29, 1.82) is 5.26 Å². The van der Waals surface area contributed by atoms with Crippen molar-refractivity contribution in [2.75, 3.05) is 6.54 Å². The van der Waals surface area contributed by atoms with Gasteiger partial charge in [0.25, 0.3) is 0 Å². The fourth-order valence-corrected chi connectivity index (χ4v) is 4.09. The Morgan fingerprint density at radius 2 is 1.82 bits per heavy atom. The van der Waals surface area contributed by atoms with Crippen molar-refractivity contribution in [3.05, 3.63) is 29.8 Å². The van der Waals surface area contributed by atoms with E-state index in [0.717, 1.165) is 12.1 Å². The molecule has 1 aliphatic rings. The molecule has 1 aliphatic heterocycles. The van der Waals surface area contributed by atoms with Gasteiger partial charge in [-0.05, 0) is 37.1 Å². The Kier molecular flexibility index (Phi) is 4.47. The van der Waals surface area contributed by atoms with Gasteiger partial charge in [-0.15, -0.1) is 0 Å². The maximum Gasteiger partial charge on any atom is 0.405 e. The van der Waals surface area contributed by atoms with E-state index in [1.54, 1.807) is 0 Å². The van der Waals surface area contributed by atoms with Crippen LogP contribution in [-0.2, 0) is 10.0 Å². The third-order valence-electron chi connectivity index (χ3n) is 3.54. The van der Waals surface area contributed by atoms with Crippen LogP contribution < -0.4 is 5.73 Å². The van der Waals surface area contributed by atoms with Gasteiger partial charge in [-0.2, -0.15) is 22.7 Å². The number of halogens is 3. The summed E-state index contributed by atoms with van der Waals surface area (Å²) in [5.41, 5.74) is 5.86. The lowest BCUT2D eigenvalue weighted by molar-refractivity contribution is -0.178. The maximum atomic E-state index is 13.1. The number of benzene rings is 1. The molecule has 22 heavy (non-hydrogen) atoms. The molecule has 120 valence electrons. The molecule has 1 heterocycles. The lowest BCUT2D eigenvalue weighted by Gasteiger charge is -2.38. The van der Waals surface area contributed by atoms with Crippen LogP contribution in [0.2, 0.25) is 0 Å². The summed E-state index contributed by atoms with van der Waals surface area (Å²) in [5, 5.41) is 8.69. The van der Waals surface area contributed by atoms with Crippen LogP contribution in [0.1, 0.15) is 18.4 Å². The molecule has 1 aromatic rings. The highest BCUT2D eigenvalue weighted by atomic mass is 32.2. The van der Waals surface area contributed by atoms with E-state index >= 15 is 0 Å². The van der Waals surface area contributed by atoms with Crippen LogP contribution in [0.3, 0.4) is 0 Å². The molecular formula is C13H14F3N3O2S. The minimum Gasteiger partial charge on any atom is -0.327 e. The van der Waals surface area contributed by atoms with E-state index in [4.69, 9.17) is 11.0 Å². The van der Waals surface area contributed by atoms with Gasteiger partial charge in [0, 0.05) is 12.6 Å². The Balaban J connectivity index is 2.41. The number of hydrogen-bond acceptors (Lipinski definition) is 4. The minimum atomic E-state index is -4.65. The molecule has 1 fully saturated rings. The largest absolute Gasteiger partial charge is 0.405 e. The zero-order valence-electron chi connectivity index (χ0n) is 11.4. The van der Waals surface area contributed by atoms with Crippen LogP contribution in [0.25, 0.3) is 0 Å². The Hall–Kier alpha value is -1.63. The smallest absolute Gasteiger partial charge is 0.327 e. The average Bonchev–Trinajstić information content (AvgIpc) is 2.46. The first kappa shape index (κ1) is 16.7. The summed E-state index contributed by atoms with van der Waals surface area (Å²) in [5.74, 6) is 0. The summed E-state index contributed by atoms with van der Waals surface area (Å²) in [6.07, 6.45) is -4.90. The molecule has 0 radical (unpaired) electrons. The Labute approximate surface area is 126 Å². The molecule has 5 nitrogen and oxygen atoms in total. The average molecular weight is 333 g/mol. The van der Waals surface area contributed by atoms with Crippen molar-refractivity contribution in [3.8, 4) is 6.07 Å². The Morgan fingerprint density at radius 1 is 1.23 bits per heavy atom. The van der Waals surface area contributed by atoms with Crippen molar-refractivity contribution in [2.24, 2.45) is 5.73 Å². The first-order valence-corrected chi connectivity index (χ1v) is 7.94. The predicted molar refractivity (Wildman–Crippen MR) is 72.1 cm³/mol. The summed E-state index contributed by atoms with van der Waals surface area (Å²) in [6.45, 7) is -0.382. The van der Waals surface area contributed by atoms with E-state index in [1.807, 2.05) is 6.07 Å². The quantitative estimate of drug-likeness (QED) is 0.890. The molecule has 0 aromatic heterocycles. The first-order valence-electron chi connectivity index (χ1n) is 6.50. The number of sulfonamides is 1. The van der Waals surface area contributed by atoms with Gasteiger partial charge in [-0.25, -0.2) is 8.42 Å². The van der Waals surface area contributed by atoms with Gasteiger partial charge in [0.05, 0.1) is 16.5 Å². The Bertz CT molecular complexity index is 680. The van der Waals surface area contributed by atoms with Gasteiger partial charge in [0.1, 0.15) is 6.04 Å². The summed E-state index contributed by atoms with van der Waals surface area (Å²) >= 11 is 0. The van der Waals surface area contributed by atoms with Gasteiger partial charge in [0.2, 0.25) is 10.0 Å². The maximum absolute atomic E-state index is 13.1. The number of piperidine rings is 1. The molecule has 0 spiro atoms. The molecule has 9 heteroatoms. The molecule has 0 aliphatic carbocycles. The lowest BCUT2D eigenvalue weighted by Crippen LogP contribution is -2.56. The fraction of sp³-hybridized carbons (Fsp3) is 0.462. The molecule has 0 amide bonds. The summed E-state index contributed by atoms with van der Waals surface area (Å²) in [7, 11) is -4.33. The van der Waals surface area contributed by atoms with E-state index < -0.39 is 28.3 Å². The van der Waals surface area contributed by atoms with Crippen LogP contribution >= 0.6 is 0 Å². The van der Waals surface area contributed by atoms with E-state index in [1.165, 1.54) is 12.1 Å². The summed E-state index contributed by atoms with van der Waals surface area (Å²) in [6, 6.07) is 3.86. The number of nitrogens with two attached hydrogens (primary N) is 1. The van der Waals surface area contributed by atoms with Crippen molar-refractivity contribution in [3.63, 3.8) is 0 Å². The van der Waals surface area contributed by atoms with Crippen molar-refractivity contribution in [1.82, 2.24) is 4.31 Å². The number of nitrogens with zero attached hydrogens (tertiary/aromatic N) is 2. The molecule has 1 saturated heterocycles. The molecular weight excluding hydrogens is 319 g/mol. The van der Waals surface area contributed by atoms with Gasteiger partial charge >= 0.3 is 6.18 Å². The Morgan fingerprint density at radius 3 is 2.32 bits per heavy atom. The standard InChI is InChI=1S/C13H14F3N3O2S/c14-13(15,16)12-6-3-10(18)8-19(12)22(20,21)11-4-1-9(7-17)2-5-11/h1-2,4-5,10,12H,3,6,8,18H2/t10-,12-/m1/s1. The van der Waals surface area contributed by atoms with Gasteiger partial charge < -0.3 is 5.73 Å². The highest BCUT2D eigenvalue weighted by molar-refractivity contribution is 7.89. The van der Waals surface area contributed by atoms with Gasteiger partial charge in [-0.1, -0.05) is 0 Å². The monoisotopic (exact) mass is 333 g/mol. The van der Waals surface area contributed by atoms with Crippen molar-refractivity contribution >= 4 is 10.0 Å². The highest BCUT2D eigenvalue weighted by Crippen LogP contribution is 2.35. The number of rotatable bonds is 2. The zero-order valence-corrected chi connectivity index (χ0v) is 12.2. The molecule has 1 aromatic carbocycles. The minimum absolute atomic E-state index is 0.115. The predicted octanol–water partition coefficient (Wildman–Crippen LogP) is 1.60. The summed E-state index contributed by atoms with van der Waals surface area (Å²) < 4.78 is 64.7. The number of alkyl halides is 3. The van der Waals surface area contributed by atoms with Crippen LogP contribution in [0.4, 0.5) is 13.2 Å². The fourth-order valence-electron chi connectivity index (χ4n) is 2.40. The summed E-state index contributed by atoms with van der Waals surface area (Å²) in [4.78, 5) is -0.283. The van der Waals surface area contributed by atoms with E-state index in [9.17, 15) is 21.6 Å². The zero-order chi connectivity index (χ0) is 16.5. The molecule has 2 atom stereocenters. The third-order valence-corrected chi connectivity index (χ3v) is 5.43. The van der Waals surface area contributed by atoms with Crippen molar-refractivity contribution in [2.45, 2.75) is 36.0 Å². The molecule has 0 bridgehead atoms. The number of nitriles is 1. The van der Waals surface area contributed by atoms with Crippen molar-refractivity contribution < 1.29 is 21.6 Å². The topological polar surface area (TPSA) is 87.2 Å². The van der Waals surface area contributed by atoms with E-state index in [2.05, 4.69) is 0 Å². The molecule has 0 saturated carbocycles.